The number of nitrogens with zero attached hydrogens (tertiary/aromatic N) is 3. The van der Waals surface area contributed by atoms with E-state index in [1.807, 2.05) is 4.68 Å². The summed E-state index contributed by atoms with van der Waals surface area (Å²) < 4.78 is 2.47. The Hall–Kier alpha value is -1.50. The maximum absolute atomic E-state index is 9.57. The molecule has 1 aromatic heterocycles. The predicted molar refractivity (Wildman–Crippen MR) is 89.0 cm³/mol. The van der Waals surface area contributed by atoms with Crippen molar-refractivity contribution < 1.29 is 5.11 Å². The Balaban J connectivity index is 1.74. The van der Waals surface area contributed by atoms with E-state index in [4.69, 9.17) is 12.2 Å². The molecule has 1 aromatic carbocycles. The summed E-state index contributed by atoms with van der Waals surface area (Å²) in [6.45, 7) is 4.63. The van der Waals surface area contributed by atoms with Crippen molar-refractivity contribution >= 4 is 12.2 Å². The van der Waals surface area contributed by atoms with Crippen LogP contribution in [0.4, 0.5) is 0 Å². The standard InChI is InChI=1S/C16H22N4OS/c1-2-12-3-5-13(6-4-12)15-17-16(22)20(18-15)11-19-9-7-14(21)8-10-19/h3-6,14,21H,2,7-11H2,1H3,(H,17,18,22). The van der Waals surface area contributed by atoms with Crippen molar-refractivity contribution in [1.82, 2.24) is 19.7 Å². The summed E-state index contributed by atoms with van der Waals surface area (Å²) in [6.07, 6.45) is 2.53. The van der Waals surface area contributed by atoms with Crippen LogP contribution in [0.5, 0.6) is 0 Å². The van der Waals surface area contributed by atoms with Crippen molar-refractivity contribution in [1.29, 1.82) is 0 Å². The number of nitrogens with one attached hydrogen (secondary N) is 1. The minimum atomic E-state index is -0.154. The van der Waals surface area contributed by atoms with Gasteiger partial charge in [0.2, 0.25) is 4.77 Å². The smallest absolute Gasteiger partial charge is 0.217 e. The minimum absolute atomic E-state index is 0.154. The van der Waals surface area contributed by atoms with Crippen LogP contribution in [0.3, 0.4) is 0 Å². The first-order chi connectivity index (χ1) is 10.7. The number of aromatic amines is 1. The van der Waals surface area contributed by atoms with Gasteiger partial charge in [0, 0.05) is 18.7 Å². The van der Waals surface area contributed by atoms with Gasteiger partial charge < -0.3 is 5.11 Å². The summed E-state index contributed by atoms with van der Waals surface area (Å²) in [5.41, 5.74) is 2.37. The second-order valence-electron chi connectivity index (χ2n) is 5.82. The van der Waals surface area contributed by atoms with Crippen LogP contribution < -0.4 is 0 Å². The highest BCUT2D eigenvalue weighted by atomic mass is 32.1. The summed E-state index contributed by atoms with van der Waals surface area (Å²) in [5, 5.41) is 12.9. The number of benzene rings is 1. The molecular formula is C16H22N4OS. The molecule has 6 heteroatoms. The van der Waals surface area contributed by atoms with Gasteiger partial charge >= 0.3 is 0 Å². The van der Waals surface area contributed by atoms with Crippen molar-refractivity contribution in [2.24, 2.45) is 0 Å². The van der Waals surface area contributed by atoms with Crippen LogP contribution in [-0.2, 0) is 13.1 Å². The van der Waals surface area contributed by atoms with Gasteiger partial charge in [-0.3, -0.25) is 10.00 Å². The highest BCUT2D eigenvalue weighted by Crippen LogP contribution is 2.17. The van der Waals surface area contributed by atoms with E-state index in [9.17, 15) is 5.11 Å². The van der Waals surface area contributed by atoms with E-state index in [1.54, 1.807) is 0 Å². The maximum atomic E-state index is 9.57. The Bertz CT molecular complexity index is 668. The number of aromatic nitrogens is 3. The zero-order valence-electron chi connectivity index (χ0n) is 12.8. The molecule has 2 N–H and O–H groups in total. The van der Waals surface area contributed by atoms with Gasteiger partial charge in [0.05, 0.1) is 12.8 Å². The fourth-order valence-corrected chi connectivity index (χ4v) is 2.94. The largest absolute Gasteiger partial charge is 0.393 e. The average molecular weight is 318 g/mol. The highest BCUT2D eigenvalue weighted by molar-refractivity contribution is 7.71. The summed E-state index contributed by atoms with van der Waals surface area (Å²) >= 11 is 5.36. The molecule has 3 rings (SSSR count). The van der Waals surface area contributed by atoms with Crippen molar-refractivity contribution in [3.63, 3.8) is 0 Å². The first kappa shape index (κ1) is 15.4. The summed E-state index contributed by atoms with van der Waals surface area (Å²) in [4.78, 5) is 6.75. The van der Waals surface area contributed by atoms with Gasteiger partial charge in [0.1, 0.15) is 0 Å². The van der Waals surface area contributed by atoms with Crippen molar-refractivity contribution in [3.8, 4) is 11.4 Å². The number of hydrogen-bond acceptors (Lipinski definition) is 4. The van der Waals surface area contributed by atoms with Crippen molar-refractivity contribution in [3.05, 3.63) is 34.6 Å². The number of H-pyrrole nitrogens is 1. The summed E-state index contributed by atoms with van der Waals surface area (Å²) in [5.74, 6) is 0.810. The first-order valence-corrected chi connectivity index (χ1v) is 8.23. The molecule has 1 aliphatic rings. The van der Waals surface area contributed by atoms with E-state index in [0.29, 0.717) is 11.4 Å². The van der Waals surface area contributed by atoms with Gasteiger partial charge in [-0.2, -0.15) is 4.98 Å². The molecule has 0 spiro atoms. The lowest BCUT2D eigenvalue weighted by molar-refractivity contribution is 0.0651. The van der Waals surface area contributed by atoms with Crippen LogP contribution in [0.25, 0.3) is 11.4 Å². The average Bonchev–Trinajstić information content (AvgIpc) is 2.91. The predicted octanol–water partition coefficient (Wildman–Crippen LogP) is 2.58. The Morgan fingerprint density at radius 3 is 2.59 bits per heavy atom. The van der Waals surface area contributed by atoms with Crippen LogP contribution >= 0.6 is 12.2 Å². The van der Waals surface area contributed by atoms with E-state index in [2.05, 4.69) is 46.2 Å². The third-order valence-corrected chi connectivity index (χ3v) is 4.53. The van der Waals surface area contributed by atoms with E-state index in [0.717, 1.165) is 43.7 Å². The molecule has 118 valence electrons. The Morgan fingerprint density at radius 1 is 1.27 bits per heavy atom. The number of hydrogen-bond donors (Lipinski definition) is 2. The molecule has 2 heterocycles. The number of aliphatic hydroxyl groups excluding tert-OH is 1. The number of piperidine rings is 1. The lowest BCUT2D eigenvalue weighted by Crippen LogP contribution is -2.37. The normalized spacial score (nSPS) is 17.0. The topological polar surface area (TPSA) is 57.1 Å². The number of aliphatic hydroxyl groups is 1. The number of aryl methyl sites for hydroxylation is 1. The van der Waals surface area contributed by atoms with Gasteiger partial charge in [-0.25, -0.2) is 4.68 Å². The van der Waals surface area contributed by atoms with Crippen LogP contribution in [0.15, 0.2) is 24.3 Å². The molecule has 0 bridgehead atoms. The fourth-order valence-electron chi connectivity index (χ4n) is 2.74. The van der Waals surface area contributed by atoms with Crippen molar-refractivity contribution in [2.75, 3.05) is 13.1 Å². The third-order valence-electron chi connectivity index (χ3n) is 4.21. The van der Waals surface area contributed by atoms with E-state index in [-0.39, 0.29) is 6.10 Å². The quantitative estimate of drug-likeness (QED) is 0.851. The van der Waals surface area contributed by atoms with Crippen LogP contribution in [0.1, 0.15) is 25.3 Å². The van der Waals surface area contributed by atoms with E-state index < -0.39 is 0 Å². The monoisotopic (exact) mass is 318 g/mol. The molecule has 1 fully saturated rings. The van der Waals surface area contributed by atoms with Gasteiger partial charge in [0.15, 0.2) is 5.82 Å². The molecule has 1 saturated heterocycles. The molecule has 0 unspecified atom stereocenters. The van der Waals surface area contributed by atoms with Crippen LogP contribution in [-0.4, -0.2) is 44.0 Å². The second-order valence-corrected chi connectivity index (χ2v) is 6.19. The Morgan fingerprint density at radius 2 is 1.95 bits per heavy atom. The Kier molecular flexibility index (Phi) is 4.71. The van der Waals surface area contributed by atoms with Gasteiger partial charge in [-0.15, -0.1) is 0 Å². The zero-order valence-corrected chi connectivity index (χ0v) is 13.6. The number of rotatable bonds is 4. The molecule has 5 nitrogen and oxygen atoms in total. The number of likely N-dealkylation sites (tertiary alicyclic amines) is 1. The van der Waals surface area contributed by atoms with Crippen LogP contribution in [0.2, 0.25) is 0 Å². The van der Waals surface area contributed by atoms with E-state index in [1.165, 1.54) is 5.56 Å². The van der Waals surface area contributed by atoms with Gasteiger partial charge in [-0.05, 0) is 37.0 Å². The van der Waals surface area contributed by atoms with Crippen LogP contribution in [0, 0.1) is 4.77 Å². The SMILES string of the molecule is CCc1ccc(-c2nc(=S)n(CN3CCC(O)CC3)[nH]2)cc1. The van der Waals surface area contributed by atoms with Gasteiger partial charge in [0.25, 0.3) is 0 Å². The molecule has 22 heavy (non-hydrogen) atoms. The first-order valence-electron chi connectivity index (χ1n) is 7.82. The lowest BCUT2D eigenvalue weighted by Gasteiger charge is -2.29. The molecule has 0 amide bonds. The molecule has 1 aliphatic heterocycles. The molecule has 0 aliphatic carbocycles. The Labute approximate surface area is 135 Å². The van der Waals surface area contributed by atoms with Gasteiger partial charge in [-0.1, -0.05) is 31.2 Å². The molecule has 2 aromatic rings. The molecule has 0 atom stereocenters. The lowest BCUT2D eigenvalue weighted by atomic mass is 10.1. The second kappa shape index (κ2) is 6.73. The van der Waals surface area contributed by atoms with E-state index >= 15 is 0 Å². The minimum Gasteiger partial charge on any atom is -0.393 e. The van der Waals surface area contributed by atoms with Crippen molar-refractivity contribution in [2.45, 2.75) is 39.0 Å². The maximum Gasteiger partial charge on any atom is 0.217 e. The third kappa shape index (κ3) is 3.45. The zero-order chi connectivity index (χ0) is 15.5. The summed E-state index contributed by atoms with van der Waals surface area (Å²) in [7, 11) is 0. The molecule has 0 saturated carbocycles. The summed E-state index contributed by atoms with van der Waals surface area (Å²) in [6, 6.07) is 8.40. The molecular weight excluding hydrogens is 296 g/mol. The molecule has 0 radical (unpaired) electrons. The fraction of sp³-hybridized carbons (Fsp3) is 0.500. The highest BCUT2D eigenvalue weighted by Gasteiger charge is 2.17.